The van der Waals surface area contributed by atoms with Gasteiger partial charge in [0.25, 0.3) is 5.56 Å². The van der Waals surface area contributed by atoms with Crippen molar-refractivity contribution in [2.75, 3.05) is 19.7 Å². The molecule has 0 radical (unpaired) electrons. The van der Waals surface area contributed by atoms with Gasteiger partial charge in [0.15, 0.2) is 10.4 Å². The molecule has 0 atom stereocenters. The van der Waals surface area contributed by atoms with Crippen molar-refractivity contribution in [3.63, 3.8) is 0 Å². The van der Waals surface area contributed by atoms with Gasteiger partial charge in [0, 0.05) is 12.7 Å². The molecule has 0 aromatic carbocycles. The number of carbonyl (C=O) groups excluding carboxylic acids is 1. The number of nitrogens with zero attached hydrogens (tertiary/aromatic N) is 2. The molecule has 2 aromatic rings. The summed E-state index contributed by atoms with van der Waals surface area (Å²) in [5.74, 6) is 0. The van der Waals surface area contributed by atoms with Crippen LogP contribution in [-0.4, -0.2) is 62.6 Å². The normalized spacial score (nSPS) is 16.7. The zero-order valence-corrected chi connectivity index (χ0v) is 16.9. The van der Waals surface area contributed by atoms with E-state index in [4.69, 9.17) is 21.7 Å². The summed E-state index contributed by atoms with van der Waals surface area (Å²) in [7, 11) is 0. The first kappa shape index (κ1) is 21.4. The zero-order valence-electron chi connectivity index (χ0n) is 16.1. The Kier molecular flexibility index (Phi) is 5.28. The number of hydrogen-bond acceptors (Lipinski definition) is 5. The number of rotatable bonds is 4. The number of aromatic amines is 2. The van der Waals surface area contributed by atoms with Gasteiger partial charge in [0.2, 0.25) is 0 Å². The molecular weight excluding hydrogens is 413 g/mol. The second kappa shape index (κ2) is 7.17. The molecule has 3 rings (SSSR count). The number of aromatic nitrogens is 3. The number of alkyl halides is 3. The molecule has 0 unspecified atom stereocenters. The summed E-state index contributed by atoms with van der Waals surface area (Å²) in [6, 6.07) is 1.60. The number of nitrogens with one attached hydrogen (secondary N) is 2. The van der Waals surface area contributed by atoms with E-state index < -0.39 is 42.1 Å². The highest BCUT2D eigenvalue weighted by atomic mass is 32.1. The van der Waals surface area contributed by atoms with Crippen molar-refractivity contribution in [1.29, 1.82) is 0 Å². The quantitative estimate of drug-likeness (QED) is 0.722. The standard InChI is InChI=1S/C17H21F3N4O4S/c1-15(2,3)28-14(26)23-8-16(9-23,17(18,19)20)27-7-6-24-10-4-5-21-11(10)12(25)22-13(24)29/h4-5,21H,6-9H2,1-3H3,(H,22,25,29). The molecule has 0 spiro atoms. The molecule has 1 saturated heterocycles. The highest BCUT2D eigenvalue weighted by molar-refractivity contribution is 7.71. The number of carbonyl (C=O) groups is 1. The molecule has 0 saturated carbocycles. The van der Waals surface area contributed by atoms with Crippen LogP contribution in [0.2, 0.25) is 0 Å². The van der Waals surface area contributed by atoms with Crippen LogP contribution in [0.3, 0.4) is 0 Å². The van der Waals surface area contributed by atoms with Crippen LogP contribution in [0, 0.1) is 4.77 Å². The average molecular weight is 434 g/mol. The minimum atomic E-state index is -4.67. The minimum absolute atomic E-state index is 0.00572. The Labute approximate surface area is 168 Å². The molecule has 2 aromatic heterocycles. The molecule has 3 heterocycles. The summed E-state index contributed by atoms with van der Waals surface area (Å²) in [4.78, 5) is 30.0. The summed E-state index contributed by atoms with van der Waals surface area (Å²) in [6.07, 6.45) is -3.95. The lowest BCUT2D eigenvalue weighted by Gasteiger charge is -2.49. The number of ether oxygens (including phenoxy) is 2. The molecule has 2 N–H and O–H groups in total. The lowest BCUT2D eigenvalue weighted by molar-refractivity contribution is -0.314. The maximum atomic E-state index is 13.6. The zero-order chi connectivity index (χ0) is 21.6. The highest BCUT2D eigenvalue weighted by Crippen LogP contribution is 2.41. The van der Waals surface area contributed by atoms with E-state index >= 15 is 0 Å². The van der Waals surface area contributed by atoms with E-state index in [-0.39, 0.29) is 23.4 Å². The van der Waals surface area contributed by atoms with E-state index in [1.165, 1.54) is 10.8 Å². The summed E-state index contributed by atoms with van der Waals surface area (Å²) in [5, 5.41) is 0. The highest BCUT2D eigenvalue weighted by Gasteiger charge is 2.64. The third-order valence-electron chi connectivity index (χ3n) is 4.46. The van der Waals surface area contributed by atoms with E-state index in [0.717, 1.165) is 4.90 Å². The number of likely N-dealkylation sites (tertiary alicyclic amines) is 1. The predicted octanol–water partition coefficient (Wildman–Crippen LogP) is 2.96. The second-order valence-corrected chi connectivity index (χ2v) is 8.21. The van der Waals surface area contributed by atoms with E-state index in [1.807, 2.05) is 0 Å². The van der Waals surface area contributed by atoms with Crippen LogP contribution in [0.4, 0.5) is 18.0 Å². The van der Waals surface area contributed by atoms with Crippen molar-refractivity contribution < 1.29 is 27.4 Å². The number of H-pyrrole nitrogens is 2. The molecule has 1 amide bonds. The third kappa shape index (κ3) is 4.17. The second-order valence-electron chi connectivity index (χ2n) is 7.83. The molecule has 1 fully saturated rings. The number of amides is 1. The molecule has 0 bridgehead atoms. The van der Waals surface area contributed by atoms with E-state index in [0.29, 0.717) is 5.52 Å². The smallest absolute Gasteiger partial charge is 0.420 e. The Morgan fingerprint density at radius 1 is 1.31 bits per heavy atom. The molecule has 160 valence electrons. The van der Waals surface area contributed by atoms with Crippen LogP contribution in [-0.2, 0) is 16.0 Å². The summed E-state index contributed by atoms with van der Waals surface area (Å²) >= 11 is 5.11. The number of hydrogen-bond donors (Lipinski definition) is 2. The van der Waals surface area contributed by atoms with Crippen molar-refractivity contribution >= 4 is 29.3 Å². The van der Waals surface area contributed by atoms with Crippen molar-refractivity contribution in [2.24, 2.45) is 0 Å². The van der Waals surface area contributed by atoms with Gasteiger partial charge >= 0.3 is 12.3 Å². The Hall–Kier alpha value is -2.34. The Morgan fingerprint density at radius 2 is 1.97 bits per heavy atom. The Morgan fingerprint density at radius 3 is 2.55 bits per heavy atom. The largest absolute Gasteiger partial charge is 0.444 e. The molecule has 12 heteroatoms. The van der Waals surface area contributed by atoms with Crippen LogP contribution in [0.15, 0.2) is 17.1 Å². The molecule has 1 aliphatic heterocycles. The molecule has 0 aliphatic carbocycles. The monoisotopic (exact) mass is 434 g/mol. The molecule has 1 aliphatic rings. The van der Waals surface area contributed by atoms with E-state index in [1.54, 1.807) is 26.8 Å². The van der Waals surface area contributed by atoms with Crippen LogP contribution in [0.5, 0.6) is 0 Å². The first-order valence-corrected chi connectivity index (χ1v) is 9.23. The summed E-state index contributed by atoms with van der Waals surface area (Å²) < 4.78 is 52.7. The lowest BCUT2D eigenvalue weighted by atomic mass is 9.93. The van der Waals surface area contributed by atoms with Crippen LogP contribution >= 0.6 is 12.2 Å². The number of halogens is 3. The van der Waals surface area contributed by atoms with Gasteiger partial charge in [0.05, 0.1) is 25.2 Å². The first-order valence-electron chi connectivity index (χ1n) is 8.82. The number of fused-ring (bicyclic) bond motifs is 1. The van der Waals surface area contributed by atoms with Crippen molar-refractivity contribution in [1.82, 2.24) is 19.4 Å². The van der Waals surface area contributed by atoms with Crippen molar-refractivity contribution in [3.05, 3.63) is 27.4 Å². The Bertz CT molecular complexity index is 1030. The fraction of sp³-hybridized carbons (Fsp3) is 0.588. The van der Waals surface area contributed by atoms with Gasteiger partial charge in [-0.2, -0.15) is 13.2 Å². The van der Waals surface area contributed by atoms with Gasteiger partial charge in [-0.3, -0.25) is 9.78 Å². The SMILES string of the molecule is CC(C)(C)OC(=O)N1CC(OCCn2c(=S)[nH]c(=O)c3[nH]ccc32)(C(F)(F)F)C1. The molecule has 29 heavy (non-hydrogen) atoms. The maximum Gasteiger partial charge on any atom is 0.420 e. The fourth-order valence-electron chi connectivity index (χ4n) is 3.04. The third-order valence-corrected chi connectivity index (χ3v) is 4.79. The van der Waals surface area contributed by atoms with E-state index in [2.05, 4.69) is 9.97 Å². The Balaban J connectivity index is 1.70. The minimum Gasteiger partial charge on any atom is -0.444 e. The van der Waals surface area contributed by atoms with Gasteiger partial charge < -0.3 is 23.9 Å². The fourth-order valence-corrected chi connectivity index (χ4v) is 3.32. The summed E-state index contributed by atoms with van der Waals surface area (Å²) in [5.41, 5.74) is -2.95. The average Bonchev–Trinajstić information content (AvgIpc) is 2.99. The van der Waals surface area contributed by atoms with Crippen LogP contribution in [0.25, 0.3) is 11.0 Å². The predicted molar refractivity (Wildman–Crippen MR) is 100 cm³/mol. The molecule has 8 nitrogen and oxygen atoms in total. The van der Waals surface area contributed by atoms with Gasteiger partial charge in [-0.25, -0.2) is 4.79 Å². The van der Waals surface area contributed by atoms with Gasteiger partial charge in [0.1, 0.15) is 11.1 Å². The first-order chi connectivity index (χ1) is 13.3. The van der Waals surface area contributed by atoms with Crippen LogP contribution < -0.4 is 5.56 Å². The van der Waals surface area contributed by atoms with Crippen molar-refractivity contribution in [3.8, 4) is 0 Å². The topological polar surface area (TPSA) is 92.3 Å². The van der Waals surface area contributed by atoms with Crippen molar-refractivity contribution in [2.45, 2.75) is 44.7 Å². The summed E-state index contributed by atoms with van der Waals surface area (Å²) in [6.45, 7) is 3.27. The lowest BCUT2D eigenvalue weighted by Crippen LogP contribution is -2.72. The van der Waals surface area contributed by atoms with Gasteiger partial charge in [-0.15, -0.1) is 0 Å². The maximum absolute atomic E-state index is 13.6. The van der Waals surface area contributed by atoms with Gasteiger partial charge in [-0.05, 0) is 39.1 Å². The van der Waals surface area contributed by atoms with E-state index in [9.17, 15) is 22.8 Å². The van der Waals surface area contributed by atoms with Crippen LogP contribution in [0.1, 0.15) is 20.8 Å². The molecular formula is C17H21F3N4O4S. The van der Waals surface area contributed by atoms with Gasteiger partial charge in [-0.1, -0.05) is 0 Å².